The number of methoxy groups -OCH3 is 3. The Hall–Kier alpha value is -3.60. The number of ether oxygens (including phenoxy) is 3. The van der Waals surface area contributed by atoms with Crippen LogP contribution >= 0.6 is 0 Å². The molecule has 30 heavy (non-hydrogen) atoms. The standard InChI is InChI=1S/C22H23N3O5/c1-13-15(12-23)5-6-17(24-13)22(27)25-8-7-14-9-19(28-2)20(29-3)10-16(14)18(25)11-21(26)30-4/h5-6,9-10,18H,7-8,11H2,1-4H3. The maximum Gasteiger partial charge on any atom is 0.307 e. The van der Waals surface area contributed by atoms with Crippen molar-refractivity contribution in [2.45, 2.75) is 25.8 Å². The van der Waals surface area contributed by atoms with E-state index in [2.05, 4.69) is 4.98 Å². The predicted octanol–water partition coefficient (Wildman–Crippen LogP) is 2.58. The molecule has 2 aromatic rings. The Labute approximate surface area is 175 Å². The second kappa shape index (κ2) is 8.82. The van der Waals surface area contributed by atoms with Gasteiger partial charge in [-0.3, -0.25) is 9.59 Å². The van der Waals surface area contributed by atoms with Crippen LogP contribution in [-0.4, -0.2) is 49.6 Å². The van der Waals surface area contributed by atoms with Crippen LogP contribution in [-0.2, 0) is 16.0 Å². The van der Waals surface area contributed by atoms with E-state index in [0.29, 0.717) is 35.7 Å². The molecule has 1 aliphatic heterocycles. The van der Waals surface area contributed by atoms with Crippen LogP contribution in [0.4, 0.5) is 0 Å². The van der Waals surface area contributed by atoms with E-state index in [1.807, 2.05) is 12.1 Å². The van der Waals surface area contributed by atoms with Crippen LogP contribution in [0.1, 0.15) is 45.3 Å². The molecule has 2 heterocycles. The fourth-order valence-electron chi connectivity index (χ4n) is 3.68. The highest BCUT2D eigenvalue weighted by atomic mass is 16.5. The van der Waals surface area contributed by atoms with Crippen molar-refractivity contribution in [3.63, 3.8) is 0 Å². The van der Waals surface area contributed by atoms with Gasteiger partial charge in [0, 0.05) is 6.54 Å². The van der Waals surface area contributed by atoms with Gasteiger partial charge < -0.3 is 19.1 Å². The molecule has 8 nitrogen and oxygen atoms in total. The molecule has 1 amide bonds. The van der Waals surface area contributed by atoms with Gasteiger partial charge in [0.25, 0.3) is 5.91 Å². The highest BCUT2D eigenvalue weighted by molar-refractivity contribution is 5.93. The summed E-state index contributed by atoms with van der Waals surface area (Å²) in [6, 6.07) is 8.31. The lowest BCUT2D eigenvalue weighted by atomic mass is 9.89. The van der Waals surface area contributed by atoms with Crippen molar-refractivity contribution in [1.29, 1.82) is 5.26 Å². The number of hydrogen-bond acceptors (Lipinski definition) is 7. The number of pyridine rings is 1. The number of rotatable bonds is 5. The lowest BCUT2D eigenvalue weighted by Crippen LogP contribution is -2.41. The van der Waals surface area contributed by atoms with Gasteiger partial charge in [-0.2, -0.15) is 5.26 Å². The van der Waals surface area contributed by atoms with Gasteiger partial charge >= 0.3 is 5.97 Å². The second-order valence-corrected chi connectivity index (χ2v) is 6.89. The highest BCUT2D eigenvalue weighted by Gasteiger charge is 2.35. The molecule has 0 aliphatic carbocycles. The van der Waals surface area contributed by atoms with Gasteiger partial charge in [0.05, 0.1) is 45.0 Å². The normalized spacial score (nSPS) is 15.0. The zero-order chi connectivity index (χ0) is 21.8. The summed E-state index contributed by atoms with van der Waals surface area (Å²) in [5, 5.41) is 9.11. The smallest absolute Gasteiger partial charge is 0.307 e. The largest absolute Gasteiger partial charge is 0.493 e. The van der Waals surface area contributed by atoms with Crippen molar-refractivity contribution < 1.29 is 23.8 Å². The monoisotopic (exact) mass is 409 g/mol. The fourth-order valence-corrected chi connectivity index (χ4v) is 3.68. The lowest BCUT2D eigenvalue weighted by Gasteiger charge is -2.37. The minimum Gasteiger partial charge on any atom is -0.493 e. The van der Waals surface area contributed by atoms with Gasteiger partial charge in [-0.25, -0.2) is 4.98 Å². The maximum atomic E-state index is 13.3. The third kappa shape index (κ3) is 3.92. The summed E-state index contributed by atoms with van der Waals surface area (Å²) in [4.78, 5) is 31.4. The SMILES string of the molecule is COC(=O)CC1c2cc(OC)c(OC)cc2CCN1C(=O)c1ccc(C#N)c(C)n1. The first-order chi connectivity index (χ1) is 14.4. The number of nitrogens with zero attached hydrogens (tertiary/aromatic N) is 3. The first-order valence-corrected chi connectivity index (χ1v) is 9.43. The Morgan fingerprint density at radius 2 is 1.90 bits per heavy atom. The highest BCUT2D eigenvalue weighted by Crippen LogP contribution is 2.40. The minimum atomic E-state index is -0.536. The van der Waals surface area contributed by atoms with Crippen LogP contribution in [0.25, 0.3) is 0 Å². The number of aryl methyl sites for hydroxylation is 1. The van der Waals surface area contributed by atoms with Crippen molar-refractivity contribution in [2.24, 2.45) is 0 Å². The zero-order valence-corrected chi connectivity index (χ0v) is 17.4. The maximum absolute atomic E-state index is 13.3. The third-order valence-corrected chi connectivity index (χ3v) is 5.28. The molecule has 8 heteroatoms. The number of nitriles is 1. The molecule has 1 unspecified atom stereocenters. The Bertz CT molecular complexity index is 1030. The number of carbonyl (C=O) groups is 2. The number of fused-ring (bicyclic) bond motifs is 1. The first kappa shape index (κ1) is 21.1. The van der Waals surface area contributed by atoms with Crippen molar-refractivity contribution >= 4 is 11.9 Å². The molecule has 156 valence electrons. The predicted molar refractivity (Wildman–Crippen MR) is 107 cm³/mol. The molecule has 3 rings (SSSR count). The van der Waals surface area contributed by atoms with E-state index in [0.717, 1.165) is 11.1 Å². The van der Waals surface area contributed by atoms with E-state index < -0.39 is 12.0 Å². The van der Waals surface area contributed by atoms with Gasteiger partial charge in [0.2, 0.25) is 0 Å². The quantitative estimate of drug-likeness (QED) is 0.700. The summed E-state index contributed by atoms with van der Waals surface area (Å²) < 4.78 is 15.7. The van der Waals surface area contributed by atoms with E-state index in [4.69, 9.17) is 19.5 Å². The Morgan fingerprint density at radius 3 is 2.50 bits per heavy atom. The second-order valence-electron chi connectivity index (χ2n) is 6.89. The lowest BCUT2D eigenvalue weighted by molar-refractivity contribution is -0.141. The molecule has 1 aromatic heterocycles. The van der Waals surface area contributed by atoms with Crippen molar-refractivity contribution in [1.82, 2.24) is 9.88 Å². The van der Waals surface area contributed by atoms with Crippen LogP contribution < -0.4 is 9.47 Å². The molecule has 0 N–H and O–H groups in total. The summed E-state index contributed by atoms with van der Waals surface area (Å²) in [5.74, 6) is 0.381. The summed E-state index contributed by atoms with van der Waals surface area (Å²) in [5.41, 5.74) is 2.91. The minimum absolute atomic E-state index is 0.0000155. The van der Waals surface area contributed by atoms with E-state index >= 15 is 0 Å². The first-order valence-electron chi connectivity index (χ1n) is 9.43. The summed E-state index contributed by atoms with van der Waals surface area (Å²) >= 11 is 0. The van der Waals surface area contributed by atoms with E-state index in [1.54, 1.807) is 31.1 Å². The molecule has 0 spiro atoms. The van der Waals surface area contributed by atoms with E-state index in [1.165, 1.54) is 20.3 Å². The Morgan fingerprint density at radius 1 is 1.20 bits per heavy atom. The van der Waals surface area contributed by atoms with Crippen molar-refractivity contribution in [2.75, 3.05) is 27.9 Å². The van der Waals surface area contributed by atoms with Crippen LogP contribution in [0.2, 0.25) is 0 Å². The molecule has 0 bridgehead atoms. The zero-order valence-electron chi connectivity index (χ0n) is 17.4. The van der Waals surface area contributed by atoms with Gasteiger partial charge in [-0.1, -0.05) is 0 Å². The summed E-state index contributed by atoms with van der Waals surface area (Å²) in [6.07, 6.45) is 0.592. The van der Waals surface area contributed by atoms with E-state index in [9.17, 15) is 9.59 Å². The number of hydrogen-bond donors (Lipinski definition) is 0. The van der Waals surface area contributed by atoms with Gasteiger partial charge in [0.15, 0.2) is 11.5 Å². The third-order valence-electron chi connectivity index (χ3n) is 5.28. The number of esters is 1. The number of benzene rings is 1. The van der Waals surface area contributed by atoms with Crippen LogP contribution in [0, 0.1) is 18.3 Å². The van der Waals surface area contributed by atoms with Gasteiger partial charge in [0.1, 0.15) is 11.8 Å². The number of amides is 1. The van der Waals surface area contributed by atoms with Gasteiger partial charge in [-0.15, -0.1) is 0 Å². The molecule has 1 aromatic carbocycles. The summed E-state index contributed by atoms with van der Waals surface area (Å²) in [7, 11) is 4.42. The summed E-state index contributed by atoms with van der Waals surface area (Å²) in [6.45, 7) is 2.09. The molecule has 0 radical (unpaired) electrons. The molecule has 1 aliphatic rings. The number of carbonyl (C=O) groups excluding carboxylic acids is 2. The van der Waals surface area contributed by atoms with Crippen LogP contribution in [0.15, 0.2) is 24.3 Å². The van der Waals surface area contributed by atoms with Gasteiger partial charge in [-0.05, 0) is 48.7 Å². The molecule has 1 atom stereocenters. The molecular weight excluding hydrogens is 386 g/mol. The van der Waals surface area contributed by atoms with E-state index in [-0.39, 0.29) is 18.0 Å². The average molecular weight is 409 g/mol. The van der Waals surface area contributed by atoms with Crippen LogP contribution in [0.5, 0.6) is 11.5 Å². The molecule has 0 saturated heterocycles. The molecule has 0 fully saturated rings. The van der Waals surface area contributed by atoms with Crippen molar-refractivity contribution in [3.8, 4) is 17.6 Å². The number of aromatic nitrogens is 1. The van der Waals surface area contributed by atoms with Crippen LogP contribution in [0.3, 0.4) is 0 Å². The average Bonchev–Trinajstić information content (AvgIpc) is 2.77. The van der Waals surface area contributed by atoms with Crippen molar-refractivity contribution in [3.05, 3.63) is 52.3 Å². The molecular formula is C22H23N3O5. The molecule has 0 saturated carbocycles. The fraction of sp³-hybridized carbons (Fsp3) is 0.364. The Kier molecular flexibility index (Phi) is 6.21. The topological polar surface area (TPSA) is 102 Å². The Balaban J connectivity index is 2.04.